The van der Waals surface area contributed by atoms with Crippen molar-refractivity contribution in [2.24, 2.45) is 34.0 Å². The molecule has 0 aromatic heterocycles. The van der Waals surface area contributed by atoms with Crippen LogP contribution in [0.3, 0.4) is 0 Å². The summed E-state index contributed by atoms with van der Waals surface area (Å²) in [7, 11) is 0. The molecule has 4 N–H and O–H groups in total. The van der Waals surface area contributed by atoms with E-state index in [0.29, 0.717) is 24.8 Å². The molecule has 4 saturated carbocycles. The maximum Gasteiger partial charge on any atom is 0.208 e. The molecule has 0 aromatic carbocycles. The summed E-state index contributed by atoms with van der Waals surface area (Å²) in [4.78, 5) is 13.3. The summed E-state index contributed by atoms with van der Waals surface area (Å²) < 4.78 is 5.80. The van der Waals surface area contributed by atoms with E-state index in [0.717, 1.165) is 6.42 Å². The highest BCUT2D eigenvalue weighted by molar-refractivity contribution is 6.05. The summed E-state index contributed by atoms with van der Waals surface area (Å²) in [5.41, 5.74) is -2.49. The molecule has 0 unspecified atom stereocenters. The van der Waals surface area contributed by atoms with Gasteiger partial charge in [0.25, 0.3) is 0 Å². The monoisotopic (exact) mass is 364 g/mol. The summed E-state index contributed by atoms with van der Waals surface area (Å²) in [5, 5.41) is 45.1. The first kappa shape index (κ1) is 17.3. The Labute approximate surface area is 152 Å². The predicted molar refractivity (Wildman–Crippen MR) is 90.7 cm³/mol. The molecule has 9 atom stereocenters. The fourth-order valence-electron chi connectivity index (χ4n) is 7.90. The SMILES string of the molecule is C=C1C(=O)[C@@]23[C@H](O)[C@H]1CC[C@@H]2[C@@]12CO[C@@]3(O)[C@H](O)[C@@H]1C(C)(C)CC[C@@H]2O. The number of ketones is 1. The van der Waals surface area contributed by atoms with Gasteiger partial charge in [-0.05, 0) is 42.6 Å². The molecule has 2 aliphatic heterocycles. The van der Waals surface area contributed by atoms with E-state index in [9.17, 15) is 25.2 Å². The highest BCUT2D eigenvalue weighted by Gasteiger charge is 2.86. The van der Waals surface area contributed by atoms with Crippen LogP contribution >= 0.6 is 0 Å². The predicted octanol–water partition coefficient (Wildman–Crippen LogP) is 0.376. The van der Waals surface area contributed by atoms with Crippen LogP contribution in [-0.4, -0.2) is 56.9 Å². The number of carbonyl (C=O) groups excluding carboxylic acids is 1. The minimum atomic E-state index is -2.15. The smallest absolute Gasteiger partial charge is 0.208 e. The summed E-state index contributed by atoms with van der Waals surface area (Å²) >= 11 is 0. The third-order valence-corrected chi connectivity index (χ3v) is 8.88. The van der Waals surface area contributed by atoms with Crippen LogP contribution in [0.1, 0.15) is 39.5 Å². The molecule has 6 heteroatoms. The number of hydrogen-bond donors (Lipinski definition) is 4. The third-order valence-electron chi connectivity index (χ3n) is 8.88. The van der Waals surface area contributed by atoms with Gasteiger partial charge in [-0.3, -0.25) is 4.79 Å². The van der Waals surface area contributed by atoms with Crippen molar-refractivity contribution in [2.75, 3.05) is 6.61 Å². The number of hydrogen-bond acceptors (Lipinski definition) is 6. The first-order valence-electron chi connectivity index (χ1n) is 9.71. The van der Waals surface area contributed by atoms with Gasteiger partial charge >= 0.3 is 0 Å². The molecular weight excluding hydrogens is 336 g/mol. The van der Waals surface area contributed by atoms with Gasteiger partial charge in [-0.15, -0.1) is 0 Å². The maximum absolute atomic E-state index is 13.3. The van der Waals surface area contributed by atoms with E-state index >= 15 is 0 Å². The Balaban J connectivity index is 1.81. The van der Waals surface area contributed by atoms with Gasteiger partial charge in [0, 0.05) is 17.3 Å². The number of aliphatic hydroxyl groups is 4. The van der Waals surface area contributed by atoms with Crippen molar-refractivity contribution in [3.05, 3.63) is 12.2 Å². The Hall–Kier alpha value is -0.790. The summed E-state index contributed by atoms with van der Waals surface area (Å²) in [6.07, 6.45) is -0.747. The van der Waals surface area contributed by atoms with Crippen molar-refractivity contribution in [1.29, 1.82) is 0 Å². The second kappa shape index (κ2) is 4.61. The molecule has 6 nitrogen and oxygen atoms in total. The molecule has 2 spiro atoms. The van der Waals surface area contributed by atoms with Crippen molar-refractivity contribution < 1.29 is 30.0 Å². The molecule has 6 aliphatic rings. The van der Waals surface area contributed by atoms with Gasteiger partial charge in [-0.2, -0.15) is 0 Å². The first-order chi connectivity index (χ1) is 12.1. The number of fused-ring (bicyclic) bond motifs is 2. The fourth-order valence-corrected chi connectivity index (χ4v) is 7.90. The van der Waals surface area contributed by atoms with E-state index in [4.69, 9.17) is 4.74 Å². The largest absolute Gasteiger partial charge is 0.392 e. The van der Waals surface area contributed by atoms with Gasteiger partial charge < -0.3 is 25.2 Å². The third kappa shape index (κ3) is 1.41. The molecular formula is C20H28O6. The zero-order chi connectivity index (χ0) is 18.9. The van der Waals surface area contributed by atoms with Gasteiger partial charge in [0.2, 0.25) is 5.79 Å². The lowest BCUT2D eigenvalue weighted by Gasteiger charge is -2.74. The van der Waals surface area contributed by atoms with Crippen molar-refractivity contribution in [3.63, 3.8) is 0 Å². The molecule has 6 rings (SSSR count). The second-order valence-corrected chi connectivity index (χ2v) is 9.97. The molecule has 2 heterocycles. The van der Waals surface area contributed by atoms with E-state index in [1.807, 2.05) is 13.8 Å². The van der Waals surface area contributed by atoms with E-state index in [2.05, 4.69) is 6.58 Å². The molecule has 0 amide bonds. The highest BCUT2D eigenvalue weighted by Crippen LogP contribution is 2.76. The Kier molecular flexibility index (Phi) is 3.07. The standard InChI is InChI=1S/C20H28O6/c1-9-10-4-5-11-18-8-26-20(25,19(11,14(9)22)15(10)23)16(24)13(18)17(2,3)7-6-12(18)21/h10-13,15-16,21,23-25H,1,4-8H2,2-3H3/t10-,11+,12-,13+,15+,16+,18+,19+,20-/m0/s1. The molecule has 26 heavy (non-hydrogen) atoms. The van der Waals surface area contributed by atoms with Crippen LogP contribution < -0.4 is 0 Å². The molecule has 6 fully saturated rings. The van der Waals surface area contributed by atoms with Crippen molar-refractivity contribution in [3.8, 4) is 0 Å². The minimum absolute atomic E-state index is 0.0966. The highest BCUT2D eigenvalue weighted by atomic mass is 16.6. The van der Waals surface area contributed by atoms with E-state index < -0.39 is 58.5 Å². The quantitative estimate of drug-likeness (QED) is 0.463. The number of carbonyl (C=O) groups is 1. The van der Waals surface area contributed by atoms with Crippen LogP contribution in [0.25, 0.3) is 0 Å². The van der Waals surface area contributed by atoms with Crippen LogP contribution in [0.5, 0.6) is 0 Å². The molecule has 144 valence electrons. The Morgan fingerprint density at radius 3 is 2.50 bits per heavy atom. The number of Topliss-reactive ketones (excluding diaryl/α,β-unsaturated/α-hetero) is 1. The zero-order valence-electron chi connectivity index (χ0n) is 15.3. The first-order valence-corrected chi connectivity index (χ1v) is 9.71. The van der Waals surface area contributed by atoms with Crippen LogP contribution in [-0.2, 0) is 9.53 Å². The molecule has 4 aliphatic carbocycles. The zero-order valence-corrected chi connectivity index (χ0v) is 15.3. The van der Waals surface area contributed by atoms with Crippen molar-refractivity contribution in [1.82, 2.24) is 0 Å². The Bertz CT molecular complexity index is 717. The van der Waals surface area contributed by atoms with Gasteiger partial charge in [-0.25, -0.2) is 0 Å². The lowest BCUT2D eigenvalue weighted by atomic mass is 9.35. The topological polar surface area (TPSA) is 107 Å². The fraction of sp³-hybridized carbons (Fsp3) is 0.850. The van der Waals surface area contributed by atoms with E-state index in [-0.39, 0.29) is 12.0 Å². The average molecular weight is 364 g/mol. The lowest BCUT2D eigenvalue weighted by Crippen LogP contribution is -2.85. The Morgan fingerprint density at radius 2 is 1.81 bits per heavy atom. The Morgan fingerprint density at radius 1 is 1.12 bits per heavy atom. The summed E-state index contributed by atoms with van der Waals surface area (Å²) in [6.45, 7) is 8.07. The molecule has 0 radical (unpaired) electrons. The van der Waals surface area contributed by atoms with Crippen molar-refractivity contribution in [2.45, 2.75) is 63.6 Å². The summed E-state index contributed by atoms with van der Waals surface area (Å²) in [6, 6.07) is 0. The van der Waals surface area contributed by atoms with Gasteiger partial charge in [0.05, 0.1) is 18.8 Å². The van der Waals surface area contributed by atoms with E-state index in [1.54, 1.807) is 0 Å². The van der Waals surface area contributed by atoms with Crippen LogP contribution in [0.15, 0.2) is 12.2 Å². The van der Waals surface area contributed by atoms with Gasteiger partial charge in [0.15, 0.2) is 5.78 Å². The average Bonchev–Trinajstić information content (AvgIpc) is 2.69. The van der Waals surface area contributed by atoms with Crippen LogP contribution in [0.4, 0.5) is 0 Å². The van der Waals surface area contributed by atoms with Gasteiger partial charge in [0.1, 0.15) is 11.5 Å². The normalized spacial score (nSPS) is 59.9. The summed E-state index contributed by atoms with van der Waals surface area (Å²) in [5.74, 6) is -3.80. The van der Waals surface area contributed by atoms with E-state index in [1.165, 1.54) is 0 Å². The minimum Gasteiger partial charge on any atom is -0.392 e. The molecule has 4 bridgehead atoms. The number of ether oxygens (including phenoxy) is 1. The second-order valence-electron chi connectivity index (χ2n) is 9.97. The van der Waals surface area contributed by atoms with Gasteiger partial charge in [-0.1, -0.05) is 20.4 Å². The lowest BCUT2D eigenvalue weighted by molar-refractivity contribution is -0.458. The van der Waals surface area contributed by atoms with Crippen LogP contribution in [0.2, 0.25) is 0 Å². The maximum atomic E-state index is 13.3. The molecule has 0 aromatic rings. The number of rotatable bonds is 0. The number of aliphatic hydroxyl groups excluding tert-OH is 3. The van der Waals surface area contributed by atoms with Crippen LogP contribution in [0, 0.1) is 34.0 Å². The van der Waals surface area contributed by atoms with Crippen molar-refractivity contribution >= 4 is 5.78 Å². The molecule has 2 saturated heterocycles.